The van der Waals surface area contributed by atoms with E-state index in [9.17, 15) is 54.8 Å². The number of fused-ring (bicyclic) bond motifs is 15. The summed E-state index contributed by atoms with van der Waals surface area (Å²) >= 11 is 0. The largest absolute Gasteiger partial charge is 0.474 e. The van der Waals surface area contributed by atoms with Crippen LogP contribution < -0.4 is 31.4 Å². The number of ether oxygens (including phenoxy) is 3. The number of halogens is 9. The maximum atomic E-state index is 13.7. The van der Waals surface area contributed by atoms with E-state index < -0.39 is 72.3 Å². The van der Waals surface area contributed by atoms with Crippen LogP contribution in [0.4, 0.5) is 56.6 Å². The van der Waals surface area contributed by atoms with Gasteiger partial charge in [-0.25, -0.2) is 15.0 Å². The van der Waals surface area contributed by atoms with Crippen molar-refractivity contribution in [2.75, 3.05) is 17.2 Å². The Morgan fingerprint density at radius 1 is 0.400 bits per heavy atom. The molecule has 9 N–H and O–H groups in total. The molecule has 0 radical (unpaired) electrons. The first-order valence-corrected chi connectivity index (χ1v) is 30.7. The van der Waals surface area contributed by atoms with E-state index in [0.29, 0.717) is 93.2 Å². The number of nitrogens with two attached hydrogens (primary N) is 3. The standard InChI is InChI=1S/3C20H25F3N4O3/c3*1-11-9-14(24)15-17-26-27-18(30-17)19(28,20(21,22)23)8-4-2-3-5-13(10-12-6-7-12)29-16(11)25-15/h3*9,12-13,28H,2-8,10,24H2,1H3/t3*13?,19-/m111/s1. The second-order valence-electron chi connectivity index (χ2n) is 25.0. The smallest absolute Gasteiger partial charge is 0.426 e. The summed E-state index contributed by atoms with van der Waals surface area (Å²) in [7, 11) is 0. The third kappa shape index (κ3) is 15.1. The van der Waals surface area contributed by atoms with Crippen LogP contribution in [0.2, 0.25) is 0 Å². The van der Waals surface area contributed by atoms with Gasteiger partial charge in [0.05, 0.1) is 17.1 Å². The summed E-state index contributed by atoms with van der Waals surface area (Å²) in [5.41, 5.74) is 11.2. The van der Waals surface area contributed by atoms with E-state index in [4.69, 9.17) is 44.7 Å². The Labute approximate surface area is 511 Å². The van der Waals surface area contributed by atoms with Crippen LogP contribution in [0.5, 0.6) is 17.6 Å². The lowest BCUT2D eigenvalue weighted by Crippen LogP contribution is -2.42. The Kier molecular flexibility index (Phi) is 19.2. The number of hydrogen-bond acceptors (Lipinski definition) is 21. The lowest BCUT2D eigenvalue weighted by atomic mass is 9.94. The average molecular weight is 1280 g/mol. The maximum Gasteiger partial charge on any atom is 0.426 e. The van der Waals surface area contributed by atoms with Crippen molar-refractivity contribution in [1.29, 1.82) is 0 Å². The third-order valence-electron chi connectivity index (χ3n) is 17.3. The number of aliphatic hydroxyl groups is 3. The molecule has 0 amide bonds. The Bertz CT molecular complexity index is 3090. The van der Waals surface area contributed by atoms with Gasteiger partial charge in [0.25, 0.3) is 35.3 Å². The monoisotopic (exact) mass is 1280 g/mol. The molecule has 6 aromatic rings. The second kappa shape index (κ2) is 26.3. The molecule has 12 bridgehead atoms. The molecular weight excluding hydrogens is 1200 g/mol. The van der Waals surface area contributed by atoms with Crippen LogP contribution in [0.1, 0.15) is 188 Å². The summed E-state index contributed by atoms with van der Waals surface area (Å²) in [5, 5.41) is 52.8. The van der Waals surface area contributed by atoms with Gasteiger partial charge >= 0.3 is 18.5 Å². The highest BCUT2D eigenvalue weighted by atomic mass is 19.4. The van der Waals surface area contributed by atoms with Crippen molar-refractivity contribution in [2.45, 2.75) is 229 Å². The minimum absolute atomic E-state index is 0.0427. The van der Waals surface area contributed by atoms with Gasteiger partial charge in [-0.2, -0.15) is 39.5 Å². The fourth-order valence-corrected chi connectivity index (χ4v) is 11.4. The van der Waals surface area contributed by atoms with E-state index in [1.54, 1.807) is 39.0 Å². The van der Waals surface area contributed by atoms with Crippen molar-refractivity contribution >= 4 is 17.1 Å². The van der Waals surface area contributed by atoms with Crippen molar-refractivity contribution in [3.05, 3.63) is 52.6 Å². The Morgan fingerprint density at radius 2 is 0.656 bits per heavy atom. The molecule has 3 fully saturated rings. The fourth-order valence-electron chi connectivity index (χ4n) is 11.4. The molecule has 0 spiro atoms. The van der Waals surface area contributed by atoms with E-state index in [-0.39, 0.29) is 89.4 Å². The molecular formula is C60H75F9N12O9. The highest BCUT2D eigenvalue weighted by Crippen LogP contribution is 2.48. The lowest BCUT2D eigenvalue weighted by Gasteiger charge is -2.27. The predicted molar refractivity (Wildman–Crippen MR) is 304 cm³/mol. The molecule has 12 rings (SSSR count). The highest BCUT2D eigenvalue weighted by molar-refractivity contribution is 5.69. The average Bonchev–Trinajstić information content (AvgIpc) is 1.61. The molecule has 90 heavy (non-hydrogen) atoms. The molecule has 9 heterocycles. The minimum atomic E-state index is -4.96. The molecule has 3 aliphatic heterocycles. The molecule has 6 atom stereocenters. The number of hydrogen-bond donors (Lipinski definition) is 6. The van der Waals surface area contributed by atoms with E-state index in [0.717, 1.165) is 36.0 Å². The summed E-state index contributed by atoms with van der Waals surface area (Å²) in [6.45, 7) is 5.42. The van der Waals surface area contributed by atoms with Crippen molar-refractivity contribution in [1.82, 2.24) is 45.5 Å². The molecule has 3 saturated carbocycles. The van der Waals surface area contributed by atoms with Crippen LogP contribution in [0.15, 0.2) is 31.5 Å². The summed E-state index contributed by atoms with van der Waals surface area (Å²) in [6.07, 6.45) is -0.909. The van der Waals surface area contributed by atoms with Gasteiger partial charge in [-0.05, 0) is 153 Å². The van der Waals surface area contributed by atoms with Crippen LogP contribution in [-0.4, -0.2) is 97.7 Å². The number of aromatic nitrogens is 9. The molecule has 0 saturated heterocycles. The van der Waals surface area contributed by atoms with Gasteiger partial charge < -0.3 is 60.0 Å². The zero-order valence-electron chi connectivity index (χ0n) is 50.1. The van der Waals surface area contributed by atoms with Gasteiger partial charge in [-0.15, -0.1) is 30.6 Å². The molecule has 3 aliphatic carbocycles. The lowest BCUT2D eigenvalue weighted by molar-refractivity contribution is -0.277. The van der Waals surface area contributed by atoms with Crippen LogP contribution in [0, 0.1) is 38.5 Å². The molecule has 492 valence electrons. The first-order chi connectivity index (χ1) is 42.5. The normalized spacial score (nSPS) is 25.4. The zero-order valence-corrected chi connectivity index (χ0v) is 50.1. The first-order valence-electron chi connectivity index (χ1n) is 30.7. The maximum absolute atomic E-state index is 13.7. The van der Waals surface area contributed by atoms with E-state index >= 15 is 0 Å². The van der Waals surface area contributed by atoms with E-state index in [1.807, 2.05) is 0 Å². The summed E-state index contributed by atoms with van der Waals surface area (Å²) in [6, 6.07) is 4.87. The third-order valence-corrected chi connectivity index (χ3v) is 17.3. The van der Waals surface area contributed by atoms with Gasteiger partial charge in [0, 0.05) is 16.7 Å². The Balaban J connectivity index is 0.000000148. The van der Waals surface area contributed by atoms with Gasteiger partial charge in [0.1, 0.15) is 18.3 Å². The predicted octanol–water partition coefficient (Wildman–Crippen LogP) is 12.9. The zero-order chi connectivity index (χ0) is 64.6. The summed E-state index contributed by atoms with van der Waals surface area (Å²) < 4.78 is 158. The Morgan fingerprint density at radius 3 is 0.889 bits per heavy atom. The van der Waals surface area contributed by atoms with Crippen LogP contribution in [0.25, 0.3) is 34.8 Å². The topological polar surface area (TPSA) is 322 Å². The Hall–Kier alpha value is -7.08. The quantitative estimate of drug-likeness (QED) is 0.0844. The van der Waals surface area contributed by atoms with Crippen molar-refractivity contribution in [3.63, 3.8) is 0 Å². The van der Waals surface area contributed by atoms with Crippen molar-refractivity contribution < 1.29 is 82.3 Å². The van der Waals surface area contributed by atoms with Gasteiger partial charge in [0.2, 0.25) is 34.4 Å². The summed E-state index contributed by atoms with van der Waals surface area (Å²) in [4.78, 5) is 13.2. The highest BCUT2D eigenvalue weighted by Gasteiger charge is 2.61. The number of pyridine rings is 3. The SMILES string of the molecule is Cc1cc(N)c2nc1OC(CC1CC1)CCCCC[C@](O)(C(F)(F)F)c1nnc-2o1.Cc1cc(N)c2nc1OC(CC1CC1)CCCCC[C@](O)(C(F)(F)F)c1nnc-2o1.Cc1cc(N)c2nc1OC(CC1CC1)CCCCC[C@](O)(C(F)(F)F)c1nnc-2o1. The molecule has 0 aromatic carbocycles. The van der Waals surface area contributed by atoms with Crippen LogP contribution >= 0.6 is 0 Å². The van der Waals surface area contributed by atoms with Gasteiger partial charge in [0.15, 0.2) is 17.1 Å². The second-order valence-corrected chi connectivity index (χ2v) is 25.0. The molecule has 3 unspecified atom stereocenters. The molecule has 21 nitrogen and oxygen atoms in total. The summed E-state index contributed by atoms with van der Waals surface area (Å²) in [5.74, 6) is -0.645. The molecule has 30 heteroatoms. The number of rotatable bonds is 6. The number of anilines is 3. The van der Waals surface area contributed by atoms with Crippen LogP contribution in [0.3, 0.4) is 0 Å². The van der Waals surface area contributed by atoms with Gasteiger partial charge in [-0.3, -0.25) is 0 Å². The van der Waals surface area contributed by atoms with Crippen molar-refractivity contribution in [2.24, 2.45) is 17.8 Å². The number of nitrogen functional groups attached to an aromatic ring is 3. The first kappa shape index (κ1) is 65.9. The number of aryl methyl sites for hydroxylation is 3. The van der Waals surface area contributed by atoms with E-state index in [1.165, 1.54) is 38.5 Å². The fraction of sp³-hybridized carbons (Fsp3) is 0.650. The number of alkyl halides is 9. The molecule has 6 aliphatic rings. The van der Waals surface area contributed by atoms with Gasteiger partial charge in [-0.1, -0.05) is 57.8 Å². The number of nitrogens with zero attached hydrogens (tertiary/aromatic N) is 9. The minimum Gasteiger partial charge on any atom is -0.474 e. The molecule has 6 aromatic heterocycles. The van der Waals surface area contributed by atoms with E-state index in [2.05, 4.69) is 45.5 Å². The van der Waals surface area contributed by atoms with Crippen LogP contribution in [-0.2, 0) is 16.8 Å². The van der Waals surface area contributed by atoms with Crippen molar-refractivity contribution in [3.8, 4) is 52.4 Å².